The number of carbonyl (C=O) groups excluding carboxylic acids is 1. The predicted molar refractivity (Wildman–Crippen MR) is 54.6 cm³/mol. The second-order valence-electron chi connectivity index (χ2n) is 3.19. The standard InChI is InChI=1S/C10H15N3O/c1-8(11)10(14)13-7-4-9-2-5-12-6-3-9/h2-3,5-6,8H,4,7,11H2,1H3,(H,13,14)/t8-/m0/s1. The average Bonchev–Trinajstić information content (AvgIpc) is 2.19. The second-order valence-corrected chi connectivity index (χ2v) is 3.19. The quantitative estimate of drug-likeness (QED) is 0.712. The molecule has 4 heteroatoms. The van der Waals surface area contributed by atoms with Crippen molar-refractivity contribution in [1.29, 1.82) is 0 Å². The summed E-state index contributed by atoms with van der Waals surface area (Å²) >= 11 is 0. The molecule has 1 aromatic rings. The maximum absolute atomic E-state index is 11.1. The van der Waals surface area contributed by atoms with Crippen LogP contribution in [0.15, 0.2) is 24.5 Å². The number of hydrogen-bond donors (Lipinski definition) is 2. The fourth-order valence-corrected chi connectivity index (χ4v) is 1.04. The number of nitrogens with two attached hydrogens (primary N) is 1. The van der Waals surface area contributed by atoms with Crippen LogP contribution in [0, 0.1) is 0 Å². The van der Waals surface area contributed by atoms with E-state index in [4.69, 9.17) is 5.73 Å². The maximum atomic E-state index is 11.1. The molecule has 0 aliphatic heterocycles. The van der Waals surface area contributed by atoms with E-state index in [1.54, 1.807) is 19.3 Å². The van der Waals surface area contributed by atoms with Crippen molar-refractivity contribution in [2.24, 2.45) is 5.73 Å². The lowest BCUT2D eigenvalue weighted by Gasteiger charge is -2.07. The molecule has 1 rings (SSSR count). The van der Waals surface area contributed by atoms with Crippen LogP contribution in [-0.2, 0) is 11.2 Å². The molecule has 0 saturated carbocycles. The first-order chi connectivity index (χ1) is 6.70. The van der Waals surface area contributed by atoms with Crippen molar-refractivity contribution in [2.45, 2.75) is 19.4 Å². The molecule has 1 heterocycles. The fraction of sp³-hybridized carbons (Fsp3) is 0.400. The highest BCUT2D eigenvalue weighted by Crippen LogP contribution is 1.95. The SMILES string of the molecule is C[C@H](N)C(=O)NCCc1ccncc1. The number of rotatable bonds is 4. The molecule has 1 aromatic heterocycles. The van der Waals surface area contributed by atoms with E-state index in [0.717, 1.165) is 12.0 Å². The van der Waals surface area contributed by atoms with Gasteiger partial charge in [-0.15, -0.1) is 0 Å². The van der Waals surface area contributed by atoms with Gasteiger partial charge in [0.1, 0.15) is 0 Å². The topological polar surface area (TPSA) is 68.0 Å². The summed E-state index contributed by atoms with van der Waals surface area (Å²) in [5.41, 5.74) is 6.55. The lowest BCUT2D eigenvalue weighted by atomic mass is 10.2. The first kappa shape index (κ1) is 10.7. The third kappa shape index (κ3) is 3.53. The van der Waals surface area contributed by atoms with Crippen molar-refractivity contribution >= 4 is 5.91 Å². The van der Waals surface area contributed by atoms with Crippen LogP contribution in [0.2, 0.25) is 0 Å². The highest BCUT2D eigenvalue weighted by atomic mass is 16.2. The Morgan fingerprint density at radius 1 is 1.57 bits per heavy atom. The second kappa shape index (κ2) is 5.34. The molecule has 0 aliphatic rings. The van der Waals surface area contributed by atoms with E-state index in [-0.39, 0.29) is 5.91 Å². The minimum atomic E-state index is -0.438. The van der Waals surface area contributed by atoms with Crippen LogP contribution in [-0.4, -0.2) is 23.5 Å². The Bertz CT molecular complexity index is 285. The smallest absolute Gasteiger partial charge is 0.236 e. The largest absolute Gasteiger partial charge is 0.354 e. The van der Waals surface area contributed by atoms with E-state index in [0.29, 0.717) is 6.54 Å². The van der Waals surface area contributed by atoms with E-state index >= 15 is 0 Å². The third-order valence-corrected chi connectivity index (χ3v) is 1.88. The predicted octanol–water partition coefficient (Wildman–Crippen LogP) is 0.0875. The summed E-state index contributed by atoms with van der Waals surface area (Å²) < 4.78 is 0. The van der Waals surface area contributed by atoms with Crippen molar-refractivity contribution < 1.29 is 4.79 Å². The zero-order chi connectivity index (χ0) is 10.4. The van der Waals surface area contributed by atoms with Gasteiger partial charge in [0.2, 0.25) is 5.91 Å². The molecule has 0 aromatic carbocycles. The van der Waals surface area contributed by atoms with Gasteiger partial charge in [-0.2, -0.15) is 0 Å². The monoisotopic (exact) mass is 193 g/mol. The van der Waals surface area contributed by atoms with E-state index in [2.05, 4.69) is 10.3 Å². The van der Waals surface area contributed by atoms with E-state index in [9.17, 15) is 4.79 Å². The molecule has 3 N–H and O–H groups in total. The highest BCUT2D eigenvalue weighted by molar-refractivity contribution is 5.80. The van der Waals surface area contributed by atoms with Crippen molar-refractivity contribution in [3.63, 3.8) is 0 Å². The number of hydrogen-bond acceptors (Lipinski definition) is 3. The molecule has 0 fully saturated rings. The average molecular weight is 193 g/mol. The minimum Gasteiger partial charge on any atom is -0.354 e. The van der Waals surface area contributed by atoms with Crippen LogP contribution in [0.25, 0.3) is 0 Å². The molecule has 0 radical (unpaired) electrons. The molecule has 1 atom stereocenters. The van der Waals surface area contributed by atoms with Crippen LogP contribution in [0.5, 0.6) is 0 Å². The van der Waals surface area contributed by atoms with Gasteiger partial charge in [0, 0.05) is 18.9 Å². The summed E-state index contributed by atoms with van der Waals surface area (Å²) in [4.78, 5) is 15.0. The Balaban J connectivity index is 2.26. The lowest BCUT2D eigenvalue weighted by Crippen LogP contribution is -2.39. The summed E-state index contributed by atoms with van der Waals surface area (Å²) in [6, 6.07) is 3.42. The van der Waals surface area contributed by atoms with Crippen LogP contribution in [0.1, 0.15) is 12.5 Å². The number of carbonyl (C=O) groups is 1. The van der Waals surface area contributed by atoms with Gasteiger partial charge in [-0.1, -0.05) is 0 Å². The van der Waals surface area contributed by atoms with Crippen molar-refractivity contribution in [1.82, 2.24) is 10.3 Å². The van der Waals surface area contributed by atoms with Gasteiger partial charge >= 0.3 is 0 Å². The van der Waals surface area contributed by atoms with E-state index in [1.807, 2.05) is 12.1 Å². The van der Waals surface area contributed by atoms with Crippen molar-refractivity contribution in [3.8, 4) is 0 Å². The van der Waals surface area contributed by atoms with Crippen LogP contribution >= 0.6 is 0 Å². The highest BCUT2D eigenvalue weighted by Gasteiger charge is 2.04. The van der Waals surface area contributed by atoms with Gasteiger partial charge in [-0.25, -0.2) is 0 Å². The summed E-state index contributed by atoms with van der Waals surface area (Å²) in [6.07, 6.45) is 4.28. The molecular weight excluding hydrogens is 178 g/mol. The number of nitrogens with one attached hydrogen (secondary N) is 1. The van der Waals surface area contributed by atoms with Crippen LogP contribution < -0.4 is 11.1 Å². The molecule has 0 unspecified atom stereocenters. The van der Waals surface area contributed by atoms with E-state index in [1.165, 1.54) is 0 Å². The lowest BCUT2D eigenvalue weighted by molar-refractivity contribution is -0.121. The molecular formula is C10H15N3O. The Hall–Kier alpha value is -1.42. The normalized spacial score (nSPS) is 12.1. The molecule has 1 amide bonds. The summed E-state index contributed by atoms with van der Waals surface area (Å²) in [5.74, 6) is -0.112. The van der Waals surface area contributed by atoms with Crippen molar-refractivity contribution in [3.05, 3.63) is 30.1 Å². The first-order valence-electron chi connectivity index (χ1n) is 4.62. The Kier molecular flexibility index (Phi) is 4.07. The van der Waals surface area contributed by atoms with Gasteiger partial charge in [0.15, 0.2) is 0 Å². The van der Waals surface area contributed by atoms with Gasteiger partial charge < -0.3 is 11.1 Å². The zero-order valence-corrected chi connectivity index (χ0v) is 8.23. The number of amides is 1. The minimum absolute atomic E-state index is 0.112. The number of pyridine rings is 1. The van der Waals surface area contributed by atoms with Gasteiger partial charge in [0.05, 0.1) is 6.04 Å². The Labute approximate surface area is 83.5 Å². The molecule has 0 aliphatic carbocycles. The number of nitrogens with zero attached hydrogens (tertiary/aromatic N) is 1. The van der Waals surface area contributed by atoms with Crippen LogP contribution in [0.4, 0.5) is 0 Å². The Morgan fingerprint density at radius 2 is 2.21 bits per heavy atom. The maximum Gasteiger partial charge on any atom is 0.236 e. The number of aromatic nitrogens is 1. The van der Waals surface area contributed by atoms with Gasteiger partial charge in [-0.3, -0.25) is 9.78 Å². The van der Waals surface area contributed by atoms with Gasteiger partial charge in [-0.05, 0) is 31.0 Å². The molecule has 0 bridgehead atoms. The summed E-state index contributed by atoms with van der Waals surface area (Å²) in [5, 5.41) is 2.75. The van der Waals surface area contributed by atoms with Crippen LogP contribution in [0.3, 0.4) is 0 Å². The molecule has 4 nitrogen and oxygen atoms in total. The molecule has 76 valence electrons. The van der Waals surface area contributed by atoms with Crippen molar-refractivity contribution in [2.75, 3.05) is 6.54 Å². The molecule has 0 spiro atoms. The first-order valence-corrected chi connectivity index (χ1v) is 4.62. The summed E-state index contributed by atoms with van der Waals surface area (Å²) in [7, 11) is 0. The van der Waals surface area contributed by atoms with Gasteiger partial charge in [0.25, 0.3) is 0 Å². The molecule has 14 heavy (non-hydrogen) atoms. The zero-order valence-electron chi connectivity index (χ0n) is 8.23. The third-order valence-electron chi connectivity index (χ3n) is 1.88. The molecule has 0 saturated heterocycles. The Morgan fingerprint density at radius 3 is 2.79 bits per heavy atom. The van der Waals surface area contributed by atoms with E-state index < -0.39 is 6.04 Å². The summed E-state index contributed by atoms with van der Waals surface area (Å²) in [6.45, 7) is 2.28. The fourth-order valence-electron chi connectivity index (χ4n) is 1.04.